The van der Waals surface area contributed by atoms with Crippen LogP contribution in [-0.4, -0.2) is 23.1 Å². The molecular weight excluding hydrogens is 346 g/mol. The van der Waals surface area contributed by atoms with Crippen molar-refractivity contribution in [2.45, 2.75) is 13.8 Å². The maximum atomic E-state index is 11.8. The van der Waals surface area contributed by atoms with Gasteiger partial charge in [0.2, 0.25) is 0 Å². The van der Waals surface area contributed by atoms with Gasteiger partial charge >= 0.3 is 0 Å². The molecule has 1 N–H and O–H groups in total. The van der Waals surface area contributed by atoms with Gasteiger partial charge < -0.3 is 4.74 Å². The van der Waals surface area contributed by atoms with Gasteiger partial charge in [0.05, 0.1) is 10.6 Å². The van der Waals surface area contributed by atoms with Gasteiger partial charge in [-0.05, 0) is 38.1 Å². The molecule has 0 bridgehead atoms. The van der Waals surface area contributed by atoms with E-state index in [9.17, 15) is 14.9 Å². The second-order valence-electron chi connectivity index (χ2n) is 5.23. The van der Waals surface area contributed by atoms with Crippen LogP contribution in [0.3, 0.4) is 0 Å². The molecule has 0 aromatic heterocycles. The molecule has 0 heterocycles. The Bertz CT molecular complexity index is 819. The third-order valence-electron chi connectivity index (χ3n) is 3.36. The number of ether oxygens (including phenoxy) is 1. The summed E-state index contributed by atoms with van der Waals surface area (Å²) < 4.78 is 5.30. The minimum absolute atomic E-state index is 0.00412. The van der Waals surface area contributed by atoms with Crippen molar-refractivity contribution in [2.75, 3.05) is 6.61 Å². The number of halogens is 1. The predicted octanol–water partition coefficient (Wildman–Crippen LogP) is 3.48. The Kier molecular flexibility index (Phi) is 6.08. The van der Waals surface area contributed by atoms with E-state index in [1.54, 1.807) is 50.2 Å². The van der Waals surface area contributed by atoms with E-state index in [0.29, 0.717) is 27.6 Å². The van der Waals surface area contributed by atoms with Crippen molar-refractivity contribution < 1.29 is 14.5 Å². The van der Waals surface area contributed by atoms with Crippen molar-refractivity contribution in [1.29, 1.82) is 0 Å². The molecule has 8 heteroatoms. The molecule has 0 fully saturated rings. The molecule has 0 aliphatic rings. The molecule has 0 atom stereocenters. The van der Waals surface area contributed by atoms with Gasteiger partial charge in [0.1, 0.15) is 5.75 Å². The fourth-order valence-electron chi connectivity index (χ4n) is 1.95. The highest BCUT2D eigenvalue weighted by molar-refractivity contribution is 6.30. The lowest BCUT2D eigenvalue weighted by Crippen LogP contribution is -2.25. The number of benzene rings is 2. The standard InChI is InChI=1S/C17H16ClN3O4/c1-11-3-4-13(9-16(11)21(23)24)12(2)19-20-17(22)10-25-15-7-5-14(18)6-8-15/h3-9H,10H2,1-2H3,(H,20,22)/b19-12-. The molecule has 0 saturated carbocycles. The molecule has 130 valence electrons. The lowest BCUT2D eigenvalue weighted by atomic mass is 10.1. The number of nitro groups is 1. The zero-order valence-corrected chi connectivity index (χ0v) is 14.4. The summed E-state index contributed by atoms with van der Waals surface area (Å²) in [6.07, 6.45) is 0. The summed E-state index contributed by atoms with van der Waals surface area (Å²) >= 11 is 5.76. The van der Waals surface area contributed by atoms with Crippen LogP contribution >= 0.6 is 11.6 Å². The van der Waals surface area contributed by atoms with E-state index in [1.807, 2.05) is 0 Å². The third-order valence-corrected chi connectivity index (χ3v) is 3.61. The summed E-state index contributed by atoms with van der Waals surface area (Å²) in [7, 11) is 0. The summed E-state index contributed by atoms with van der Waals surface area (Å²) in [4.78, 5) is 22.3. The number of nitro benzene ring substituents is 1. The molecular formula is C17H16ClN3O4. The first kappa shape index (κ1) is 18.4. The maximum Gasteiger partial charge on any atom is 0.277 e. The first-order valence-corrected chi connectivity index (χ1v) is 7.71. The van der Waals surface area contributed by atoms with Crippen LogP contribution in [0.4, 0.5) is 5.69 Å². The third kappa shape index (κ3) is 5.29. The molecule has 0 spiro atoms. The maximum absolute atomic E-state index is 11.8. The quantitative estimate of drug-likeness (QED) is 0.484. The molecule has 0 aliphatic heterocycles. The van der Waals surface area contributed by atoms with Gasteiger partial charge in [-0.25, -0.2) is 5.43 Å². The van der Waals surface area contributed by atoms with Crippen LogP contribution in [0, 0.1) is 17.0 Å². The van der Waals surface area contributed by atoms with Crippen molar-refractivity contribution >= 4 is 28.9 Å². The number of carbonyl (C=O) groups excluding carboxylic acids is 1. The molecule has 1 amide bonds. The van der Waals surface area contributed by atoms with Crippen LogP contribution in [0.2, 0.25) is 5.02 Å². The van der Waals surface area contributed by atoms with E-state index >= 15 is 0 Å². The van der Waals surface area contributed by atoms with Crippen molar-refractivity contribution in [3.63, 3.8) is 0 Å². The zero-order valence-electron chi connectivity index (χ0n) is 13.7. The molecule has 0 aliphatic carbocycles. The number of amides is 1. The second-order valence-corrected chi connectivity index (χ2v) is 5.67. The molecule has 2 rings (SSSR count). The van der Waals surface area contributed by atoms with Crippen molar-refractivity contribution in [3.8, 4) is 5.75 Å². The van der Waals surface area contributed by atoms with Crippen LogP contribution in [0.15, 0.2) is 47.6 Å². The average Bonchev–Trinajstić information content (AvgIpc) is 2.59. The molecule has 0 radical (unpaired) electrons. The van der Waals surface area contributed by atoms with Crippen molar-refractivity contribution in [2.24, 2.45) is 5.10 Å². The number of nitrogens with one attached hydrogen (secondary N) is 1. The highest BCUT2D eigenvalue weighted by Crippen LogP contribution is 2.19. The largest absolute Gasteiger partial charge is 0.484 e. The highest BCUT2D eigenvalue weighted by atomic mass is 35.5. The Labute approximate surface area is 149 Å². The summed E-state index contributed by atoms with van der Waals surface area (Å²) in [6, 6.07) is 11.4. The van der Waals surface area contributed by atoms with Crippen molar-refractivity contribution in [1.82, 2.24) is 5.43 Å². The molecule has 0 saturated heterocycles. The van der Waals surface area contributed by atoms with E-state index in [1.165, 1.54) is 6.07 Å². The van der Waals surface area contributed by atoms with Gasteiger partial charge in [-0.1, -0.05) is 23.7 Å². The molecule has 7 nitrogen and oxygen atoms in total. The number of nitrogens with zero attached hydrogens (tertiary/aromatic N) is 2. The van der Waals surface area contributed by atoms with E-state index in [2.05, 4.69) is 10.5 Å². The number of carbonyl (C=O) groups is 1. The Morgan fingerprint density at radius 3 is 2.60 bits per heavy atom. The Morgan fingerprint density at radius 1 is 1.28 bits per heavy atom. The number of rotatable bonds is 6. The van der Waals surface area contributed by atoms with Gasteiger partial charge in [0.25, 0.3) is 11.6 Å². The Balaban J connectivity index is 1.96. The van der Waals surface area contributed by atoms with E-state index in [0.717, 1.165) is 0 Å². The fourth-order valence-corrected chi connectivity index (χ4v) is 2.08. The van der Waals surface area contributed by atoms with Crippen LogP contribution < -0.4 is 10.2 Å². The van der Waals surface area contributed by atoms with Gasteiger partial charge in [0, 0.05) is 22.2 Å². The van der Waals surface area contributed by atoms with Gasteiger partial charge in [-0.15, -0.1) is 0 Å². The van der Waals surface area contributed by atoms with Crippen LogP contribution in [-0.2, 0) is 4.79 Å². The molecule has 2 aromatic rings. The molecule has 2 aromatic carbocycles. The molecule has 25 heavy (non-hydrogen) atoms. The minimum atomic E-state index is -0.454. The minimum Gasteiger partial charge on any atom is -0.484 e. The number of hydrazone groups is 1. The zero-order chi connectivity index (χ0) is 18.4. The van der Waals surface area contributed by atoms with Crippen LogP contribution in [0.25, 0.3) is 0 Å². The van der Waals surface area contributed by atoms with Crippen molar-refractivity contribution in [3.05, 3.63) is 68.7 Å². The average molecular weight is 362 g/mol. The van der Waals surface area contributed by atoms with Crippen LogP contribution in [0.1, 0.15) is 18.1 Å². The van der Waals surface area contributed by atoms with Gasteiger partial charge in [0.15, 0.2) is 6.61 Å². The summed E-state index contributed by atoms with van der Waals surface area (Å²) in [5, 5.41) is 15.5. The Hall–Kier alpha value is -2.93. The monoisotopic (exact) mass is 361 g/mol. The predicted molar refractivity (Wildman–Crippen MR) is 95.1 cm³/mol. The highest BCUT2D eigenvalue weighted by Gasteiger charge is 2.12. The second kappa shape index (κ2) is 8.25. The molecule has 0 unspecified atom stereocenters. The first-order chi connectivity index (χ1) is 11.9. The Morgan fingerprint density at radius 2 is 1.96 bits per heavy atom. The number of hydrogen-bond acceptors (Lipinski definition) is 5. The van der Waals surface area contributed by atoms with Gasteiger partial charge in [-0.3, -0.25) is 14.9 Å². The lowest BCUT2D eigenvalue weighted by molar-refractivity contribution is -0.385. The van der Waals surface area contributed by atoms with E-state index in [-0.39, 0.29) is 12.3 Å². The lowest BCUT2D eigenvalue weighted by Gasteiger charge is -2.06. The SMILES string of the molecule is C/C(=N/NC(=O)COc1ccc(Cl)cc1)c1ccc(C)c([N+](=O)[O-])c1. The first-order valence-electron chi connectivity index (χ1n) is 7.33. The summed E-state index contributed by atoms with van der Waals surface area (Å²) in [5.41, 5.74) is 3.91. The van der Waals surface area contributed by atoms with E-state index < -0.39 is 10.8 Å². The summed E-state index contributed by atoms with van der Waals surface area (Å²) in [5.74, 6) is 0.0605. The van der Waals surface area contributed by atoms with Crippen LogP contribution in [0.5, 0.6) is 5.75 Å². The van der Waals surface area contributed by atoms with E-state index in [4.69, 9.17) is 16.3 Å². The topological polar surface area (TPSA) is 93.8 Å². The number of hydrogen-bond donors (Lipinski definition) is 1. The fraction of sp³-hybridized carbons (Fsp3) is 0.176. The number of aryl methyl sites for hydroxylation is 1. The smallest absolute Gasteiger partial charge is 0.277 e. The summed E-state index contributed by atoms with van der Waals surface area (Å²) in [6.45, 7) is 3.09. The normalized spacial score (nSPS) is 11.1. The van der Waals surface area contributed by atoms with Gasteiger partial charge in [-0.2, -0.15) is 5.10 Å².